The zero-order valence-corrected chi connectivity index (χ0v) is 15.0. The molecule has 2 heterocycles. The smallest absolute Gasteiger partial charge is 0.240 e. The van der Waals surface area contributed by atoms with Gasteiger partial charge < -0.3 is 8.83 Å². The highest BCUT2D eigenvalue weighted by Gasteiger charge is 2.30. The second-order valence-electron chi connectivity index (χ2n) is 6.24. The second-order valence-corrected chi connectivity index (χ2v) is 8.23. The van der Waals surface area contributed by atoms with Gasteiger partial charge in [0.1, 0.15) is 11.5 Å². The van der Waals surface area contributed by atoms with Crippen LogP contribution < -0.4 is 0 Å². The van der Waals surface area contributed by atoms with Gasteiger partial charge in [-0.25, -0.2) is 8.42 Å². The summed E-state index contributed by atoms with van der Waals surface area (Å²) in [5.74, 6) is 1.19. The second kappa shape index (κ2) is 6.97. The van der Waals surface area contributed by atoms with Crippen molar-refractivity contribution in [3.05, 3.63) is 88.6 Å². The van der Waals surface area contributed by atoms with E-state index in [-0.39, 0.29) is 13.1 Å². The molecule has 26 heavy (non-hydrogen) atoms. The van der Waals surface area contributed by atoms with E-state index in [1.807, 2.05) is 24.3 Å². The van der Waals surface area contributed by atoms with Gasteiger partial charge >= 0.3 is 0 Å². The summed E-state index contributed by atoms with van der Waals surface area (Å²) in [6, 6.07) is 14.9. The average Bonchev–Trinajstić information content (AvgIpc) is 3.35. The van der Waals surface area contributed by atoms with Gasteiger partial charge in [-0.3, -0.25) is 0 Å². The average molecular weight is 369 g/mol. The lowest BCUT2D eigenvalue weighted by molar-refractivity contribution is 0.332. The third kappa shape index (κ3) is 3.38. The summed E-state index contributed by atoms with van der Waals surface area (Å²) in [6.07, 6.45) is 6.08. The van der Waals surface area contributed by atoms with E-state index in [4.69, 9.17) is 8.83 Å². The zero-order chi connectivity index (χ0) is 18.0. The number of nitrogens with zero attached hydrogens (tertiary/aromatic N) is 1. The first kappa shape index (κ1) is 16.9. The van der Waals surface area contributed by atoms with E-state index in [1.165, 1.54) is 9.87 Å². The lowest BCUT2D eigenvalue weighted by Gasteiger charge is -2.24. The molecule has 4 rings (SSSR count). The fraction of sp³-hybridized carbons (Fsp3) is 0.200. The third-order valence-electron chi connectivity index (χ3n) is 4.51. The van der Waals surface area contributed by atoms with Gasteiger partial charge in [0.25, 0.3) is 0 Å². The summed E-state index contributed by atoms with van der Waals surface area (Å²) >= 11 is 0. The van der Waals surface area contributed by atoms with Crippen LogP contribution in [0.4, 0.5) is 0 Å². The summed E-state index contributed by atoms with van der Waals surface area (Å²) in [6.45, 7) is 0.323. The van der Waals surface area contributed by atoms with Crippen LogP contribution >= 0.6 is 0 Å². The molecule has 0 N–H and O–H groups in total. The Morgan fingerprint density at radius 1 is 0.846 bits per heavy atom. The van der Waals surface area contributed by atoms with Crippen molar-refractivity contribution in [1.82, 2.24) is 4.31 Å². The van der Waals surface area contributed by atoms with Crippen LogP contribution in [-0.2, 0) is 29.5 Å². The van der Waals surface area contributed by atoms with Crippen molar-refractivity contribution in [2.75, 3.05) is 0 Å². The minimum absolute atomic E-state index is 0.162. The highest BCUT2D eigenvalue weighted by Crippen LogP contribution is 2.30. The topological polar surface area (TPSA) is 63.7 Å². The lowest BCUT2D eigenvalue weighted by atomic mass is 9.98. The molecular weight excluding hydrogens is 350 g/mol. The van der Waals surface area contributed by atoms with Crippen LogP contribution in [-0.4, -0.2) is 12.7 Å². The molecule has 0 atom stereocenters. The molecule has 0 spiro atoms. The van der Waals surface area contributed by atoms with E-state index in [9.17, 15) is 8.42 Å². The molecule has 2 aromatic heterocycles. The quantitative estimate of drug-likeness (QED) is 0.653. The van der Waals surface area contributed by atoms with E-state index in [1.54, 1.807) is 42.9 Å². The predicted molar refractivity (Wildman–Crippen MR) is 98.3 cm³/mol. The van der Waals surface area contributed by atoms with Crippen molar-refractivity contribution in [3.8, 4) is 0 Å². The minimum atomic E-state index is -3.64. The SMILES string of the molecule is O=S(=O)(C1=Cc2ccccc2CC1)N(Cc1ccco1)Cc1ccco1. The highest BCUT2D eigenvalue weighted by atomic mass is 32.2. The molecular formula is C20H19NO4S. The van der Waals surface area contributed by atoms with Crippen molar-refractivity contribution in [2.45, 2.75) is 25.9 Å². The fourth-order valence-electron chi connectivity index (χ4n) is 3.15. The standard InChI is InChI=1S/C20H19NO4S/c22-26(23,20-10-9-16-5-1-2-6-17(16)13-20)21(14-18-7-3-11-24-18)15-19-8-4-12-25-19/h1-8,11-13H,9-10,14-15H2. The molecule has 0 aliphatic heterocycles. The Balaban J connectivity index is 1.68. The molecule has 0 amide bonds. The molecule has 3 aromatic rings. The molecule has 1 aromatic carbocycles. The van der Waals surface area contributed by atoms with Crippen LogP contribution in [0.1, 0.15) is 29.1 Å². The van der Waals surface area contributed by atoms with Crippen LogP contribution in [0.3, 0.4) is 0 Å². The number of aryl methyl sites for hydroxylation is 1. The molecule has 6 heteroatoms. The van der Waals surface area contributed by atoms with Gasteiger partial charge in [-0.05, 0) is 54.3 Å². The number of furan rings is 2. The maximum atomic E-state index is 13.3. The van der Waals surface area contributed by atoms with E-state index < -0.39 is 10.0 Å². The van der Waals surface area contributed by atoms with E-state index in [0.29, 0.717) is 22.8 Å². The van der Waals surface area contributed by atoms with Gasteiger partial charge in [-0.15, -0.1) is 0 Å². The number of allylic oxidation sites excluding steroid dienone is 1. The number of sulfonamides is 1. The first-order valence-electron chi connectivity index (χ1n) is 8.46. The van der Waals surface area contributed by atoms with Crippen LogP contribution in [0.25, 0.3) is 6.08 Å². The number of fused-ring (bicyclic) bond motifs is 1. The Hall–Kier alpha value is -2.57. The van der Waals surface area contributed by atoms with Crippen LogP contribution in [0.2, 0.25) is 0 Å². The Kier molecular flexibility index (Phi) is 4.53. The lowest BCUT2D eigenvalue weighted by Crippen LogP contribution is -2.31. The molecule has 0 radical (unpaired) electrons. The van der Waals surface area contributed by atoms with Crippen molar-refractivity contribution in [3.63, 3.8) is 0 Å². The van der Waals surface area contributed by atoms with Crippen molar-refractivity contribution in [2.24, 2.45) is 0 Å². The van der Waals surface area contributed by atoms with Gasteiger partial charge in [0.2, 0.25) is 10.0 Å². The number of hydrogen-bond donors (Lipinski definition) is 0. The summed E-state index contributed by atoms with van der Waals surface area (Å²) in [4.78, 5) is 0.425. The normalized spacial score (nSPS) is 14.3. The Morgan fingerprint density at radius 2 is 1.50 bits per heavy atom. The van der Waals surface area contributed by atoms with Gasteiger partial charge in [-0.2, -0.15) is 4.31 Å². The number of rotatable bonds is 6. The van der Waals surface area contributed by atoms with Crippen molar-refractivity contribution >= 4 is 16.1 Å². The van der Waals surface area contributed by atoms with E-state index >= 15 is 0 Å². The van der Waals surface area contributed by atoms with Crippen LogP contribution in [0, 0.1) is 0 Å². The fourth-order valence-corrected chi connectivity index (χ4v) is 4.72. The van der Waals surface area contributed by atoms with Gasteiger partial charge in [0, 0.05) is 0 Å². The third-order valence-corrected chi connectivity index (χ3v) is 6.43. The maximum absolute atomic E-state index is 13.3. The molecule has 1 aliphatic carbocycles. The zero-order valence-electron chi connectivity index (χ0n) is 14.2. The Bertz CT molecular complexity index is 966. The van der Waals surface area contributed by atoms with Crippen molar-refractivity contribution in [1.29, 1.82) is 0 Å². The van der Waals surface area contributed by atoms with E-state index in [0.717, 1.165) is 12.0 Å². The molecule has 5 nitrogen and oxygen atoms in total. The first-order chi connectivity index (χ1) is 12.6. The van der Waals surface area contributed by atoms with Crippen LogP contribution in [0.5, 0.6) is 0 Å². The molecule has 0 saturated carbocycles. The molecule has 0 saturated heterocycles. The van der Waals surface area contributed by atoms with Crippen LogP contribution in [0.15, 0.2) is 74.8 Å². The summed E-state index contributed by atoms with van der Waals surface area (Å²) in [7, 11) is -3.64. The summed E-state index contributed by atoms with van der Waals surface area (Å²) in [5, 5.41) is 0. The molecule has 0 fully saturated rings. The molecule has 0 unspecified atom stereocenters. The van der Waals surface area contributed by atoms with E-state index in [2.05, 4.69) is 0 Å². The number of hydrogen-bond acceptors (Lipinski definition) is 4. The molecule has 0 bridgehead atoms. The highest BCUT2D eigenvalue weighted by molar-refractivity contribution is 7.93. The van der Waals surface area contributed by atoms with Gasteiger partial charge in [-0.1, -0.05) is 24.3 Å². The number of benzene rings is 1. The maximum Gasteiger partial charge on any atom is 0.240 e. The predicted octanol–water partition coefficient (Wildman–Crippen LogP) is 4.19. The van der Waals surface area contributed by atoms with Gasteiger partial charge in [0.05, 0.1) is 30.5 Å². The monoisotopic (exact) mass is 369 g/mol. The molecule has 1 aliphatic rings. The minimum Gasteiger partial charge on any atom is -0.468 e. The molecule has 134 valence electrons. The summed E-state index contributed by atoms with van der Waals surface area (Å²) < 4.78 is 38.8. The largest absolute Gasteiger partial charge is 0.468 e. The van der Waals surface area contributed by atoms with Gasteiger partial charge in [0.15, 0.2) is 0 Å². The Morgan fingerprint density at radius 3 is 2.12 bits per heavy atom. The first-order valence-corrected chi connectivity index (χ1v) is 9.90. The van der Waals surface area contributed by atoms with Crippen molar-refractivity contribution < 1.29 is 17.3 Å². The Labute approximate surface area is 152 Å². The summed E-state index contributed by atoms with van der Waals surface area (Å²) in [5.41, 5.74) is 2.14.